The van der Waals surface area contributed by atoms with E-state index in [0.717, 1.165) is 0 Å². The van der Waals surface area contributed by atoms with Gasteiger partial charge >= 0.3 is 6.18 Å². The molecule has 0 radical (unpaired) electrons. The Morgan fingerprint density at radius 3 is 2.11 bits per heavy atom. The first kappa shape index (κ1) is 18.5. The molecular weight excluding hydrogens is 301 g/mol. The summed E-state index contributed by atoms with van der Waals surface area (Å²) in [5.41, 5.74) is 0. The maximum atomic E-state index is 13.1. The van der Waals surface area contributed by atoms with Crippen molar-refractivity contribution in [3.63, 3.8) is 0 Å². The highest BCUT2D eigenvalue weighted by molar-refractivity contribution is 8.13. The maximum Gasteiger partial charge on any atom is 0.394 e. The number of hydrogen-bond acceptors (Lipinski definition) is 2. The molecule has 0 rings (SSSR count). The van der Waals surface area contributed by atoms with Crippen molar-refractivity contribution in [1.82, 2.24) is 0 Å². The average Bonchev–Trinajstić information content (AvgIpc) is 2.24. The van der Waals surface area contributed by atoms with Crippen LogP contribution in [0.4, 0.5) is 30.7 Å². The van der Waals surface area contributed by atoms with Gasteiger partial charge in [0.25, 0.3) is 5.92 Å². The van der Waals surface area contributed by atoms with E-state index in [1.165, 1.54) is 6.92 Å². The van der Waals surface area contributed by atoms with Crippen molar-refractivity contribution in [3.8, 4) is 0 Å². The zero-order chi connectivity index (χ0) is 15.3. The third-order valence-electron chi connectivity index (χ3n) is 2.10. The van der Waals surface area contributed by atoms with Gasteiger partial charge in [-0.2, -0.15) is 13.2 Å². The monoisotopic (exact) mass is 314 g/mol. The highest BCUT2D eigenvalue weighted by Crippen LogP contribution is 2.37. The normalized spacial score (nSPS) is 16.2. The molecule has 9 heteroatoms. The predicted octanol–water partition coefficient (Wildman–Crippen LogP) is 4.31. The van der Waals surface area contributed by atoms with Crippen LogP contribution in [-0.2, 0) is 4.79 Å². The number of halogens is 7. The van der Waals surface area contributed by atoms with Crippen LogP contribution in [0.15, 0.2) is 0 Å². The van der Waals surface area contributed by atoms with Gasteiger partial charge in [-0.25, -0.2) is 17.6 Å². The van der Waals surface area contributed by atoms with Gasteiger partial charge in [0.2, 0.25) is 0 Å². The molecular formula is C10H13F7OS. The number of thioether (sulfide) groups is 1. The van der Waals surface area contributed by atoms with Gasteiger partial charge < -0.3 is 0 Å². The van der Waals surface area contributed by atoms with E-state index in [0.29, 0.717) is 11.8 Å². The number of alkyl halides is 7. The molecule has 0 aromatic heterocycles. The van der Waals surface area contributed by atoms with Crippen molar-refractivity contribution in [2.24, 2.45) is 0 Å². The van der Waals surface area contributed by atoms with Crippen molar-refractivity contribution < 1.29 is 35.5 Å². The number of carbonyl (C=O) groups is 1. The average molecular weight is 314 g/mol. The van der Waals surface area contributed by atoms with E-state index in [-0.39, 0.29) is 17.3 Å². The smallest absolute Gasteiger partial charge is 0.287 e. The Bertz CT molecular complexity index is 292. The van der Waals surface area contributed by atoms with Gasteiger partial charge in [-0.15, -0.1) is 0 Å². The van der Waals surface area contributed by atoms with Crippen LogP contribution in [0.5, 0.6) is 0 Å². The third kappa shape index (κ3) is 7.64. The second-order valence-electron chi connectivity index (χ2n) is 3.83. The SMILES string of the molecule is CCC(=O)SCCC(F)C(F)C(F)(F)CC(F)(F)F. The molecule has 0 amide bonds. The molecule has 0 aromatic rings. The summed E-state index contributed by atoms with van der Waals surface area (Å²) in [6.07, 6.45) is -14.9. The first-order valence-electron chi connectivity index (χ1n) is 5.38. The molecule has 0 saturated carbocycles. The van der Waals surface area contributed by atoms with Gasteiger partial charge in [0, 0.05) is 12.2 Å². The molecule has 114 valence electrons. The van der Waals surface area contributed by atoms with Crippen LogP contribution < -0.4 is 0 Å². The van der Waals surface area contributed by atoms with Gasteiger partial charge in [0.05, 0.1) is 0 Å². The molecule has 0 heterocycles. The highest BCUT2D eigenvalue weighted by atomic mass is 32.2. The molecule has 0 aliphatic rings. The summed E-state index contributed by atoms with van der Waals surface area (Å²) in [5, 5.41) is -0.329. The lowest BCUT2D eigenvalue weighted by Crippen LogP contribution is -2.41. The van der Waals surface area contributed by atoms with Crippen LogP contribution in [0.25, 0.3) is 0 Å². The van der Waals surface area contributed by atoms with E-state index in [1.807, 2.05) is 0 Å². The van der Waals surface area contributed by atoms with E-state index < -0.39 is 37.3 Å². The molecule has 0 bridgehead atoms. The number of hydrogen-bond donors (Lipinski definition) is 0. The number of carbonyl (C=O) groups excluding carboxylic acids is 1. The van der Waals surface area contributed by atoms with Gasteiger partial charge in [-0.1, -0.05) is 18.7 Å². The lowest BCUT2D eigenvalue weighted by Gasteiger charge is -2.24. The van der Waals surface area contributed by atoms with Crippen molar-refractivity contribution in [2.75, 3.05) is 5.75 Å². The van der Waals surface area contributed by atoms with E-state index >= 15 is 0 Å². The van der Waals surface area contributed by atoms with Gasteiger partial charge in [0.1, 0.15) is 12.6 Å². The molecule has 0 saturated heterocycles. The Kier molecular flexibility index (Phi) is 7.17. The Balaban J connectivity index is 4.30. The van der Waals surface area contributed by atoms with Crippen LogP contribution in [0, 0.1) is 0 Å². The van der Waals surface area contributed by atoms with Crippen LogP contribution in [0.3, 0.4) is 0 Å². The van der Waals surface area contributed by atoms with Gasteiger partial charge in [-0.3, -0.25) is 4.79 Å². The van der Waals surface area contributed by atoms with Gasteiger partial charge in [-0.05, 0) is 6.42 Å². The van der Waals surface area contributed by atoms with Crippen LogP contribution in [-0.4, -0.2) is 35.3 Å². The Hall–Kier alpha value is -0.470. The van der Waals surface area contributed by atoms with E-state index in [2.05, 4.69) is 0 Å². The van der Waals surface area contributed by atoms with E-state index in [9.17, 15) is 35.5 Å². The molecule has 2 unspecified atom stereocenters. The maximum absolute atomic E-state index is 13.1. The van der Waals surface area contributed by atoms with Crippen molar-refractivity contribution in [3.05, 3.63) is 0 Å². The summed E-state index contributed by atoms with van der Waals surface area (Å²) in [6, 6.07) is 0. The first-order valence-corrected chi connectivity index (χ1v) is 6.36. The molecule has 0 N–H and O–H groups in total. The largest absolute Gasteiger partial charge is 0.394 e. The minimum absolute atomic E-state index is 0.144. The molecule has 0 aliphatic heterocycles. The molecule has 0 aromatic carbocycles. The van der Waals surface area contributed by atoms with Crippen LogP contribution >= 0.6 is 11.8 Å². The molecule has 0 spiro atoms. The number of rotatable bonds is 7. The Morgan fingerprint density at radius 2 is 1.68 bits per heavy atom. The van der Waals surface area contributed by atoms with E-state index in [4.69, 9.17) is 0 Å². The van der Waals surface area contributed by atoms with Crippen LogP contribution in [0.1, 0.15) is 26.2 Å². The minimum Gasteiger partial charge on any atom is -0.287 e. The summed E-state index contributed by atoms with van der Waals surface area (Å²) >= 11 is 0.633. The summed E-state index contributed by atoms with van der Waals surface area (Å²) in [7, 11) is 0. The summed E-state index contributed by atoms with van der Waals surface area (Å²) in [5.74, 6) is -5.06. The second kappa shape index (κ2) is 7.35. The fraction of sp³-hybridized carbons (Fsp3) is 0.900. The zero-order valence-electron chi connectivity index (χ0n) is 9.95. The molecule has 0 fully saturated rings. The first-order chi connectivity index (χ1) is 8.49. The zero-order valence-corrected chi connectivity index (χ0v) is 10.8. The molecule has 0 aliphatic carbocycles. The molecule has 19 heavy (non-hydrogen) atoms. The van der Waals surface area contributed by atoms with Crippen molar-refractivity contribution in [2.45, 2.75) is 50.6 Å². The topological polar surface area (TPSA) is 17.1 Å². The minimum atomic E-state index is -5.28. The van der Waals surface area contributed by atoms with Gasteiger partial charge in [0.15, 0.2) is 11.3 Å². The summed E-state index contributed by atoms with van der Waals surface area (Å²) in [4.78, 5) is 10.8. The van der Waals surface area contributed by atoms with Crippen molar-refractivity contribution in [1.29, 1.82) is 0 Å². The summed E-state index contributed by atoms with van der Waals surface area (Å²) in [6.45, 7) is 1.53. The Labute approximate surface area is 109 Å². The lowest BCUT2D eigenvalue weighted by molar-refractivity contribution is -0.211. The predicted molar refractivity (Wildman–Crippen MR) is 57.8 cm³/mol. The lowest BCUT2D eigenvalue weighted by atomic mass is 10.0. The second-order valence-corrected chi connectivity index (χ2v) is 4.99. The van der Waals surface area contributed by atoms with E-state index in [1.54, 1.807) is 0 Å². The summed E-state index contributed by atoms with van der Waals surface area (Å²) < 4.78 is 87.0. The standard InChI is InChI=1S/C10H13F7OS/c1-2-7(18)19-4-3-6(11)8(12)9(13,14)5-10(15,16)17/h6,8H,2-5H2,1H3. The molecule has 2 atom stereocenters. The van der Waals surface area contributed by atoms with Crippen LogP contribution in [0.2, 0.25) is 0 Å². The quantitative estimate of drug-likeness (QED) is 0.651. The fourth-order valence-electron chi connectivity index (χ4n) is 1.16. The fourth-order valence-corrected chi connectivity index (χ4v) is 1.94. The Morgan fingerprint density at radius 1 is 1.16 bits per heavy atom. The molecule has 1 nitrogen and oxygen atoms in total. The third-order valence-corrected chi connectivity index (χ3v) is 3.15. The van der Waals surface area contributed by atoms with Crippen molar-refractivity contribution >= 4 is 16.9 Å². The highest BCUT2D eigenvalue weighted by Gasteiger charge is 2.52.